The lowest BCUT2D eigenvalue weighted by atomic mass is 9.92. The number of amides is 4. The molecule has 0 aromatic carbocycles. The summed E-state index contributed by atoms with van der Waals surface area (Å²) in [6.07, 6.45) is -1.09. The third-order valence-electron chi connectivity index (χ3n) is 2.55. The van der Waals surface area contributed by atoms with Crippen molar-refractivity contribution in [2.24, 2.45) is 0 Å². The molecule has 0 unspecified atom stereocenters. The first kappa shape index (κ1) is 11.8. The second kappa shape index (κ2) is 3.99. The molecule has 2 saturated heterocycles. The van der Waals surface area contributed by atoms with E-state index in [9.17, 15) is 28.8 Å². The number of Topliss-reactive ketones (excluding diaryl/α,β-unsaturated/α-hetero) is 2. The molecule has 2 aliphatic rings. The second-order valence-electron chi connectivity index (χ2n) is 3.72. The van der Waals surface area contributed by atoms with Crippen molar-refractivity contribution in [3.05, 3.63) is 11.1 Å². The average Bonchev–Trinajstić information content (AvgIpc) is 2.29. The van der Waals surface area contributed by atoms with E-state index in [1.807, 2.05) is 0 Å². The highest BCUT2D eigenvalue weighted by Crippen LogP contribution is 2.19. The predicted molar refractivity (Wildman–Crippen MR) is 52.6 cm³/mol. The van der Waals surface area contributed by atoms with Crippen LogP contribution in [0.4, 0.5) is 0 Å². The molecule has 2 N–H and O–H groups in total. The molecule has 2 rings (SSSR count). The Morgan fingerprint density at radius 1 is 0.556 bits per heavy atom. The lowest BCUT2D eigenvalue weighted by molar-refractivity contribution is -0.143. The number of imide groups is 2. The molecular weight excluding hydrogens is 244 g/mol. The number of carbonyl (C=O) groups is 6. The molecule has 2 heterocycles. The molecule has 2 fully saturated rings. The van der Waals surface area contributed by atoms with Crippen LogP contribution in [-0.4, -0.2) is 35.2 Å². The smallest absolute Gasteiger partial charge is 0.288 e. The van der Waals surface area contributed by atoms with E-state index in [0.29, 0.717) is 0 Å². The summed E-state index contributed by atoms with van der Waals surface area (Å²) in [7, 11) is 0. The van der Waals surface area contributed by atoms with Crippen molar-refractivity contribution in [3.63, 3.8) is 0 Å². The molecule has 0 saturated carbocycles. The van der Waals surface area contributed by atoms with Crippen LogP contribution < -0.4 is 10.6 Å². The van der Waals surface area contributed by atoms with Gasteiger partial charge in [0.15, 0.2) is 0 Å². The zero-order valence-corrected chi connectivity index (χ0v) is 8.86. The number of nitrogens with one attached hydrogen (secondary N) is 2. The van der Waals surface area contributed by atoms with Gasteiger partial charge in [-0.15, -0.1) is 0 Å². The third-order valence-corrected chi connectivity index (χ3v) is 2.55. The van der Waals surface area contributed by atoms with Crippen molar-refractivity contribution in [3.8, 4) is 0 Å². The molecule has 4 amide bonds. The molecule has 0 aromatic rings. The van der Waals surface area contributed by atoms with E-state index in [1.54, 1.807) is 10.6 Å². The number of piperidine rings is 2. The SMILES string of the molecule is O=C1CC(=C2CC(=O)C(=O)NC2=O)C(=O)NC1=O. The number of ketones is 2. The van der Waals surface area contributed by atoms with Crippen molar-refractivity contribution < 1.29 is 28.8 Å². The maximum atomic E-state index is 11.5. The zero-order valence-electron chi connectivity index (χ0n) is 8.86. The lowest BCUT2D eigenvalue weighted by Crippen LogP contribution is -2.47. The fourth-order valence-electron chi connectivity index (χ4n) is 1.63. The largest absolute Gasteiger partial charge is 0.294 e. The van der Waals surface area contributed by atoms with E-state index < -0.39 is 48.0 Å². The average molecular weight is 250 g/mol. The molecule has 92 valence electrons. The van der Waals surface area contributed by atoms with Crippen LogP contribution in [0.15, 0.2) is 11.1 Å². The van der Waals surface area contributed by atoms with Gasteiger partial charge in [0.2, 0.25) is 11.6 Å². The monoisotopic (exact) mass is 250 g/mol. The predicted octanol–water partition coefficient (Wildman–Crippen LogP) is -2.49. The molecule has 8 heteroatoms. The summed E-state index contributed by atoms with van der Waals surface area (Å²) in [5.74, 6) is -5.66. The highest BCUT2D eigenvalue weighted by atomic mass is 16.2. The van der Waals surface area contributed by atoms with Crippen LogP contribution >= 0.6 is 0 Å². The lowest BCUT2D eigenvalue weighted by Gasteiger charge is -2.19. The van der Waals surface area contributed by atoms with Gasteiger partial charge < -0.3 is 0 Å². The summed E-state index contributed by atoms with van der Waals surface area (Å²) < 4.78 is 0. The first-order valence-electron chi connectivity index (χ1n) is 4.89. The fourth-order valence-corrected chi connectivity index (χ4v) is 1.63. The Morgan fingerprint density at radius 2 is 0.889 bits per heavy atom. The van der Waals surface area contributed by atoms with Crippen LogP contribution in [0, 0.1) is 0 Å². The minimum atomic E-state index is -1.05. The van der Waals surface area contributed by atoms with E-state index >= 15 is 0 Å². The van der Waals surface area contributed by atoms with E-state index in [2.05, 4.69) is 0 Å². The quantitative estimate of drug-likeness (QED) is 0.278. The minimum absolute atomic E-state index is 0.252. The Kier molecular flexibility index (Phi) is 2.62. The van der Waals surface area contributed by atoms with Gasteiger partial charge in [0, 0.05) is 24.0 Å². The van der Waals surface area contributed by atoms with Crippen molar-refractivity contribution in [2.45, 2.75) is 12.8 Å². The van der Waals surface area contributed by atoms with Gasteiger partial charge in [-0.1, -0.05) is 0 Å². The van der Waals surface area contributed by atoms with Crippen molar-refractivity contribution in [1.82, 2.24) is 10.6 Å². The summed E-state index contributed by atoms with van der Waals surface area (Å²) >= 11 is 0. The standard InChI is InChI=1S/C10H6N2O6/c13-5-1-3(7(15)11-9(5)17)4-2-6(14)10(18)12-8(4)16/h1-2H2,(H,11,15,17)(H,12,16,18). The maximum Gasteiger partial charge on any atom is 0.294 e. The molecule has 2 aliphatic heterocycles. The van der Waals surface area contributed by atoms with Crippen molar-refractivity contribution in [2.75, 3.05) is 0 Å². The van der Waals surface area contributed by atoms with Crippen LogP contribution in [0.5, 0.6) is 0 Å². The van der Waals surface area contributed by atoms with E-state index in [4.69, 9.17) is 0 Å². The molecule has 0 aliphatic carbocycles. The number of hydrogen-bond acceptors (Lipinski definition) is 6. The van der Waals surface area contributed by atoms with Crippen LogP contribution in [0.25, 0.3) is 0 Å². The molecule has 18 heavy (non-hydrogen) atoms. The van der Waals surface area contributed by atoms with Gasteiger partial charge in [0.1, 0.15) is 0 Å². The van der Waals surface area contributed by atoms with Gasteiger partial charge in [-0.05, 0) is 0 Å². The van der Waals surface area contributed by atoms with Crippen molar-refractivity contribution in [1.29, 1.82) is 0 Å². The summed E-state index contributed by atoms with van der Waals surface area (Å²) in [4.78, 5) is 67.1. The fraction of sp³-hybridized carbons (Fsp3) is 0.200. The Hall–Kier alpha value is -2.64. The number of carbonyl (C=O) groups excluding carboxylic acids is 6. The van der Waals surface area contributed by atoms with Crippen LogP contribution in [0.2, 0.25) is 0 Å². The molecule has 0 aromatic heterocycles. The van der Waals surface area contributed by atoms with Gasteiger partial charge in [0.05, 0.1) is 0 Å². The van der Waals surface area contributed by atoms with Crippen LogP contribution in [0.1, 0.15) is 12.8 Å². The molecular formula is C10H6N2O6. The Labute approximate surface area is 99.4 Å². The van der Waals surface area contributed by atoms with Gasteiger partial charge in [-0.3, -0.25) is 39.4 Å². The minimum Gasteiger partial charge on any atom is -0.288 e. The van der Waals surface area contributed by atoms with Crippen LogP contribution in [0.3, 0.4) is 0 Å². The summed E-state index contributed by atoms with van der Waals surface area (Å²) in [6.45, 7) is 0. The Morgan fingerprint density at radius 3 is 1.22 bits per heavy atom. The van der Waals surface area contributed by atoms with Gasteiger partial charge >= 0.3 is 0 Å². The topological polar surface area (TPSA) is 126 Å². The first-order valence-corrected chi connectivity index (χ1v) is 4.89. The molecule has 0 atom stereocenters. The third kappa shape index (κ3) is 1.83. The molecule has 0 spiro atoms. The Bertz CT molecular complexity index is 521. The molecule has 8 nitrogen and oxygen atoms in total. The van der Waals surface area contributed by atoms with Gasteiger partial charge in [0.25, 0.3) is 23.6 Å². The van der Waals surface area contributed by atoms with E-state index in [1.165, 1.54) is 0 Å². The van der Waals surface area contributed by atoms with Gasteiger partial charge in [-0.25, -0.2) is 0 Å². The summed E-state index contributed by atoms with van der Waals surface area (Å²) in [6, 6.07) is 0. The Balaban J connectivity index is 2.41. The van der Waals surface area contributed by atoms with Crippen molar-refractivity contribution >= 4 is 35.2 Å². The molecule has 0 bridgehead atoms. The second-order valence-corrected chi connectivity index (χ2v) is 3.72. The maximum absolute atomic E-state index is 11.5. The number of hydrogen-bond donors (Lipinski definition) is 2. The van der Waals surface area contributed by atoms with Crippen LogP contribution in [-0.2, 0) is 28.8 Å². The highest BCUT2D eigenvalue weighted by molar-refractivity contribution is 6.46. The van der Waals surface area contributed by atoms with Gasteiger partial charge in [-0.2, -0.15) is 0 Å². The normalized spacial score (nSPS) is 25.1. The molecule has 0 radical (unpaired) electrons. The first-order chi connectivity index (χ1) is 8.40. The highest BCUT2D eigenvalue weighted by Gasteiger charge is 2.36. The zero-order chi connectivity index (χ0) is 13.4. The summed E-state index contributed by atoms with van der Waals surface area (Å²) in [5.41, 5.74) is -0.504. The van der Waals surface area contributed by atoms with E-state index in [0.717, 1.165) is 0 Å². The van der Waals surface area contributed by atoms with E-state index in [-0.39, 0.29) is 11.1 Å². The summed E-state index contributed by atoms with van der Waals surface area (Å²) in [5, 5.41) is 3.52. The number of rotatable bonds is 0.